The molecular weight excluding hydrogens is 210 g/mol. The molecule has 0 saturated heterocycles. The van der Waals surface area contributed by atoms with E-state index in [1.807, 2.05) is 37.3 Å². The van der Waals surface area contributed by atoms with Crippen molar-refractivity contribution in [2.24, 2.45) is 5.92 Å². The van der Waals surface area contributed by atoms with Crippen LogP contribution in [0.1, 0.15) is 26.3 Å². The summed E-state index contributed by atoms with van der Waals surface area (Å²) in [4.78, 5) is 13.7. The molecule has 1 aromatic carbocycles. The monoisotopic (exact) mass is 233 g/mol. The van der Waals surface area contributed by atoms with Gasteiger partial charge in [0, 0.05) is 13.1 Å². The van der Waals surface area contributed by atoms with Crippen molar-refractivity contribution in [1.82, 2.24) is 4.90 Å². The largest absolute Gasteiger partial charge is 0.305 e. The smallest absolute Gasteiger partial charge is 0.131 e. The third-order valence-corrected chi connectivity index (χ3v) is 2.97. The fourth-order valence-corrected chi connectivity index (χ4v) is 2.26. The highest BCUT2D eigenvalue weighted by atomic mass is 16.1. The predicted molar refractivity (Wildman–Crippen MR) is 72.2 cm³/mol. The molecule has 2 heteroatoms. The van der Waals surface area contributed by atoms with Gasteiger partial charge in [-0.15, -0.1) is 0 Å². The highest BCUT2D eigenvalue weighted by Crippen LogP contribution is 2.22. The maximum atomic E-state index is 11.4. The van der Waals surface area contributed by atoms with E-state index in [-0.39, 0.29) is 0 Å². The Bertz CT molecular complexity index is 347. The highest BCUT2D eigenvalue weighted by molar-refractivity contribution is 5.68. The number of carbonyl (C=O) groups excluding carboxylic acids is 1. The van der Waals surface area contributed by atoms with Crippen LogP contribution in [0.25, 0.3) is 0 Å². The van der Waals surface area contributed by atoms with Crippen LogP contribution in [0.3, 0.4) is 0 Å². The van der Waals surface area contributed by atoms with Crippen LogP contribution < -0.4 is 0 Å². The molecule has 0 bridgehead atoms. The first-order chi connectivity index (χ1) is 7.98. The lowest BCUT2D eigenvalue weighted by Crippen LogP contribution is -2.39. The molecule has 0 aliphatic carbocycles. The van der Waals surface area contributed by atoms with Gasteiger partial charge in [-0.3, -0.25) is 0 Å². The van der Waals surface area contributed by atoms with Crippen LogP contribution in [0.15, 0.2) is 30.3 Å². The molecular formula is C15H23NO. The zero-order chi connectivity index (χ0) is 12.9. The Labute approximate surface area is 105 Å². The first-order valence-electron chi connectivity index (χ1n) is 6.18. The summed E-state index contributed by atoms with van der Waals surface area (Å²) < 4.78 is 0. The molecule has 0 amide bonds. The Hall–Kier alpha value is -1.15. The molecule has 0 fully saturated rings. The maximum Gasteiger partial charge on any atom is 0.131 e. The summed E-state index contributed by atoms with van der Waals surface area (Å²) in [7, 11) is 2.07. The Morgan fingerprint density at radius 3 is 2.35 bits per heavy atom. The molecule has 1 unspecified atom stereocenters. The van der Waals surface area contributed by atoms with E-state index in [1.165, 1.54) is 0 Å². The summed E-state index contributed by atoms with van der Waals surface area (Å²) in [5.41, 5.74) is 0.677. The van der Waals surface area contributed by atoms with Crippen molar-refractivity contribution in [2.75, 3.05) is 20.1 Å². The molecule has 0 aromatic heterocycles. The van der Waals surface area contributed by atoms with Gasteiger partial charge < -0.3 is 9.69 Å². The second-order valence-electron chi connectivity index (χ2n) is 5.49. The molecule has 0 aliphatic heterocycles. The average molecular weight is 233 g/mol. The molecule has 0 aliphatic rings. The third kappa shape index (κ3) is 3.97. The predicted octanol–water partition coefficient (Wildman–Crippen LogP) is 2.73. The molecule has 1 atom stereocenters. The van der Waals surface area contributed by atoms with Crippen molar-refractivity contribution < 1.29 is 4.79 Å². The van der Waals surface area contributed by atoms with Crippen molar-refractivity contribution in [2.45, 2.75) is 26.2 Å². The molecule has 0 saturated carbocycles. The second-order valence-corrected chi connectivity index (χ2v) is 5.49. The van der Waals surface area contributed by atoms with Gasteiger partial charge in [-0.05, 0) is 25.5 Å². The number of carbonyl (C=O) groups is 1. The molecule has 0 spiro atoms. The Morgan fingerprint density at radius 2 is 1.88 bits per heavy atom. The fraction of sp³-hybridized carbons (Fsp3) is 0.533. The number of benzene rings is 1. The normalized spacial score (nSPS) is 14.9. The Morgan fingerprint density at radius 1 is 1.29 bits per heavy atom. The molecule has 0 heterocycles. The number of rotatable bonds is 6. The summed E-state index contributed by atoms with van der Waals surface area (Å²) in [5.74, 6) is 0.617. The standard InChI is InChI=1S/C15H23NO/c1-13(2)10-16(4)11-15(3,12-17)14-8-6-5-7-9-14/h5-9,12-13H,10-11H2,1-4H3. The van der Waals surface area contributed by atoms with Crippen molar-refractivity contribution in [1.29, 1.82) is 0 Å². The van der Waals surface area contributed by atoms with Crippen LogP contribution in [-0.2, 0) is 10.2 Å². The van der Waals surface area contributed by atoms with Gasteiger partial charge in [0.1, 0.15) is 6.29 Å². The minimum absolute atomic E-state index is 0.412. The first-order valence-corrected chi connectivity index (χ1v) is 6.18. The van der Waals surface area contributed by atoms with Gasteiger partial charge in [-0.1, -0.05) is 44.2 Å². The zero-order valence-electron chi connectivity index (χ0n) is 11.3. The van der Waals surface area contributed by atoms with Gasteiger partial charge >= 0.3 is 0 Å². The van der Waals surface area contributed by atoms with Gasteiger partial charge in [0.05, 0.1) is 5.41 Å². The van der Waals surface area contributed by atoms with E-state index in [4.69, 9.17) is 0 Å². The van der Waals surface area contributed by atoms with Crippen molar-refractivity contribution in [3.8, 4) is 0 Å². The van der Waals surface area contributed by atoms with Crippen LogP contribution in [0.4, 0.5) is 0 Å². The quantitative estimate of drug-likeness (QED) is 0.704. The van der Waals surface area contributed by atoms with Crippen LogP contribution in [0.5, 0.6) is 0 Å². The molecule has 0 N–H and O–H groups in total. The van der Waals surface area contributed by atoms with E-state index in [9.17, 15) is 4.79 Å². The van der Waals surface area contributed by atoms with Crippen LogP contribution >= 0.6 is 0 Å². The fourth-order valence-electron chi connectivity index (χ4n) is 2.26. The maximum absolute atomic E-state index is 11.4. The lowest BCUT2D eigenvalue weighted by Gasteiger charge is -2.30. The van der Waals surface area contributed by atoms with E-state index < -0.39 is 5.41 Å². The third-order valence-electron chi connectivity index (χ3n) is 2.97. The lowest BCUT2D eigenvalue weighted by molar-refractivity contribution is -0.112. The van der Waals surface area contributed by atoms with Crippen molar-refractivity contribution in [3.63, 3.8) is 0 Å². The van der Waals surface area contributed by atoms with Crippen LogP contribution in [-0.4, -0.2) is 31.3 Å². The summed E-state index contributed by atoms with van der Waals surface area (Å²) in [6.07, 6.45) is 1.07. The summed E-state index contributed by atoms with van der Waals surface area (Å²) in [6, 6.07) is 10.0. The van der Waals surface area contributed by atoms with Gasteiger partial charge in [0.2, 0.25) is 0 Å². The van der Waals surface area contributed by atoms with Crippen molar-refractivity contribution >= 4 is 6.29 Å². The Kier molecular flexibility index (Phi) is 4.88. The second kappa shape index (κ2) is 5.97. The van der Waals surface area contributed by atoms with E-state index in [0.29, 0.717) is 5.92 Å². The molecule has 17 heavy (non-hydrogen) atoms. The van der Waals surface area contributed by atoms with Crippen LogP contribution in [0, 0.1) is 5.92 Å². The number of hydrogen-bond acceptors (Lipinski definition) is 2. The molecule has 0 radical (unpaired) electrons. The lowest BCUT2D eigenvalue weighted by atomic mass is 9.83. The summed E-state index contributed by atoms with van der Waals surface area (Å²) >= 11 is 0. The van der Waals surface area contributed by atoms with Crippen LogP contribution in [0.2, 0.25) is 0 Å². The van der Waals surface area contributed by atoms with Gasteiger partial charge in [-0.25, -0.2) is 0 Å². The number of likely N-dealkylation sites (N-methyl/N-ethyl adjacent to an activating group) is 1. The SMILES string of the molecule is CC(C)CN(C)CC(C)(C=O)c1ccccc1. The molecule has 1 aromatic rings. The number of nitrogens with zero attached hydrogens (tertiary/aromatic N) is 1. The van der Waals surface area contributed by atoms with Gasteiger partial charge in [0.25, 0.3) is 0 Å². The summed E-state index contributed by atoms with van der Waals surface area (Å²) in [6.45, 7) is 8.16. The average Bonchev–Trinajstić information content (AvgIpc) is 2.29. The van der Waals surface area contributed by atoms with Crippen molar-refractivity contribution in [3.05, 3.63) is 35.9 Å². The molecule has 2 nitrogen and oxygen atoms in total. The van der Waals surface area contributed by atoms with E-state index in [0.717, 1.165) is 24.9 Å². The molecule has 1 rings (SSSR count). The topological polar surface area (TPSA) is 20.3 Å². The Balaban J connectivity index is 2.79. The highest BCUT2D eigenvalue weighted by Gasteiger charge is 2.27. The first kappa shape index (κ1) is 13.9. The van der Waals surface area contributed by atoms with E-state index in [2.05, 4.69) is 25.8 Å². The van der Waals surface area contributed by atoms with E-state index in [1.54, 1.807) is 0 Å². The summed E-state index contributed by atoms with van der Waals surface area (Å²) in [5, 5.41) is 0. The molecule has 94 valence electrons. The minimum atomic E-state index is -0.412. The van der Waals surface area contributed by atoms with Gasteiger partial charge in [-0.2, -0.15) is 0 Å². The number of hydrogen-bond donors (Lipinski definition) is 0. The van der Waals surface area contributed by atoms with E-state index >= 15 is 0 Å². The zero-order valence-corrected chi connectivity index (χ0v) is 11.3. The number of aldehydes is 1. The minimum Gasteiger partial charge on any atom is -0.305 e. The van der Waals surface area contributed by atoms with Gasteiger partial charge in [0.15, 0.2) is 0 Å².